The number of nitrogens with zero attached hydrogens (tertiary/aromatic N) is 1. The van der Waals surface area contributed by atoms with E-state index < -0.39 is 29.6 Å². The van der Waals surface area contributed by atoms with Crippen molar-refractivity contribution in [3.05, 3.63) is 69.1 Å². The third kappa shape index (κ3) is 4.90. The van der Waals surface area contributed by atoms with Crippen LogP contribution in [-0.2, 0) is 14.3 Å². The van der Waals surface area contributed by atoms with Gasteiger partial charge in [0, 0.05) is 5.69 Å². The molecule has 0 aliphatic carbocycles. The Balaban J connectivity index is 1.69. The highest BCUT2D eigenvalue weighted by molar-refractivity contribution is 8.18. The van der Waals surface area contributed by atoms with Crippen LogP contribution >= 0.6 is 23.4 Å². The molecule has 0 unspecified atom stereocenters. The van der Waals surface area contributed by atoms with Crippen molar-refractivity contribution in [3.8, 4) is 0 Å². The molecule has 7 nitrogen and oxygen atoms in total. The maximum atomic E-state index is 12.6. The van der Waals surface area contributed by atoms with Crippen LogP contribution in [0.4, 0.5) is 10.5 Å². The van der Waals surface area contributed by atoms with Gasteiger partial charge < -0.3 is 10.1 Å². The number of hydrogen-bond donors (Lipinski definition) is 1. The molecule has 154 valence electrons. The maximum absolute atomic E-state index is 12.6. The summed E-state index contributed by atoms with van der Waals surface area (Å²) in [6, 6.07) is 11.8. The Kier molecular flexibility index (Phi) is 6.59. The number of halogens is 1. The molecule has 1 saturated heterocycles. The first-order chi connectivity index (χ1) is 14.3. The number of hydrogen-bond acceptors (Lipinski definition) is 6. The van der Waals surface area contributed by atoms with E-state index in [-0.39, 0.29) is 21.2 Å². The van der Waals surface area contributed by atoms with E-state index in [1.54, 1.807) is 6.08 Å². The minimum absolute atomic E-state index is 0.0872. The van der Waals surface area contributed by atoms with Gasteiger partial charge in [0.2, 0.25) is 5.91 Å². The lowest BCUT2D eigenvalue weighted by atomic mass is 10.1. The molecule has 0 spiro atoms. The fraction of sp³-hybridized carbons (Fsp3) is 0.143. The first-order valence-electron chi connectivity index (χ1n) is 8.78. The van der Waals surface area contributed by atoms with E-state index in [4.69, 9.17) is 11.6 Å². The summed E-state index contributed by atoms with van der Waals surface area (Å²) in [5, 5.41) is 2.19. The number of thioether (sulfide) groups is 1. The van der Waals surface area contributed by atoms with Crippen molar-refractivity contribution < 1.29 is 23.9 Å². The summed E-state index contributed by atoms with van der Waals surface area (Å²) in [7, 11) is 1.22. The van der Waals surface area contributed by atoms with Crippen LogP contribution < -0.4 is 5.32 Å². The summed E-state index contributed by atoms with van der Waals surface area (Å²) in [6.45, 7) is 1.50. The number of imide groups is 1. The second-order valence-corrected chi connectivity index (χ2v) is 7.81. The van der Waals surface area contributed by atoms with E-state index in [2.05, 4.69) is 10.1 Å². The van der Waals surface area contributed by atoms with Crippen molar-refractivity contribution in [2.75, 3.05) is 19.0 Å². The van der Waals surface area contributed by atoms with Crippen LogP contribution in [-0.4, -0.2) is 41.6 Å². The van der Waals surface area contributed by atoms with Crippen LogP contribution in [0.5, 0.6) is 0 Å². The lowest BCUT2D eigenvalue weighted by Gasteiger charge is -2.13. The summed E-state index contributed by atoms with van der Waals surface area (Å²) in [5.41, 5.74) is 2.23. The van der Waals surface area contributed by atoms with E-state index in [0.717, 1.165) is 27.8 Å². The number of nitrogens with one attached hydrogen (secondary N) is 1. The summed E-state index contributed by atoms with van der Waals surface area (Å²) in [6.07, 6.45) is 1.62. The molecule has 0 aromatic heterocycles. The zero-order chi connectivity index (χ0) is 21.8. The minimum atomic E-state index is -0.650. The van der Waals surface area contributed by atoms with Gasteiger partial charge in [0.15, 0.2) is 0 Å². The van der Waals surface area contributed by atoms with Crippen LogP contribution in [0.1, 0.15) is 21.5 Å². The lowest BCUT2D eigenvalue weighted by Crippen LogP contribution is -2.36. The normalized spacial score (nSPS) is 14.9. The molecular formula is C21H17ClN2O5S. The van der Waals surface area contributed by atoms with Crippen molar-refractivity contribution in [2.45, 2.75) is 6.92 Å². The van der Waals surface area contributed by atoms with Gasteiger partial charge in [0.25, 0.3) is 11.1 Å². The second kappa shape index (κ2) is 9.15. The molecule has 3 amide bonds. The van der Waals surface area contributed by atoms with Crippen LogP contribution in [0, 0.1) is 6.92 Å². The van der Waals surface area contributed by atoms with E-state index in [9.17, 15) is 19.2 Å². The molecule has 1 heterocycles. The Hall–Kier alpha value is -3.10. The van der Waals surface area contributed by atoms with Crippen molar-refractivity contribution in [2.24, 2.45) is 0 Å². The molecule has 2 aromatic carbocycles. The number of ether oxygens (including phenoxy) is 1. The number of anilines is 1. The Bertz CT molecular complexity index is 1070. The highest BCUT2D eigenvalue weighted by Crippen LogP contribution is 2.32. The zero-order valence-electron chi connectivity index (χ0n) is 16.1. The maximum Gasteiger partial charge on any atom is 0.339 e. The fourth-order valence-electron chi connectivity index (χ4n) is 2.66. The van der Waals surface area contributed by atoms with E-state index in [1.165, 1.54) is 25.3 Å². The van der Waals surface area contributed by atoms with Crippen molar-refractivity contribution >= 4 is 58.1 Å². The number of aryl methyl sites for hydroxylation is 1. The summed E-state index contributed by atoms with van der Waals surface area (Å²) in [4.78, 5) is 50.0. The molecular weight excluding hydrogens is 428 g/mol. The van der Waals surface area contributed by atoms with Gasteiger partial charge in [-0.3, -0.25) is 19.3 Å². The molecule has 1 aliphatic rings. The van der Waals surface area contributed by atoms with Gasteiger partial charge >= 0.3 is 5.97 Å². The molecule has 9 heteroatoms. The number of carbonyl (C=O) groups excluding carboxylic acids is 4. The molecule has 0 atom stereocenters. The number of carbonyl (C=O) groups is 4. The van der Waals surface area contributed by atoms with Crippen LogP contribution in [0.15, 0.2) is 47.4 Å². The van der Waals surface area contributed by atoms with Crippen LogP contribution in [0.25, 0.3) is 6.08 Å². The molecule has 30 heavy (non-hydrogen) atoms. The fourth-order valence-corrected chi connectivity index (χ4v) is 3.70. The van der Waals surface area contributed by atoms with Gasteiger partial charge in [-0.15, -0.1) is 0 Å². The van der Waals surface area contributed by atoms with Crippen molar-refractivity contribution in [1.29, 1.82) is 0 Å². The summed E-state index contributed by atoms with van der Waals surface area (Å²) >= 11 is 6.73. The molecule has 0 radical (unpaired) electrons. The molecule has 0 saturated carbocycles. The summed E-state index contributed by atoms with van der Waals surface area (Å²) in [5.74, 6) is -1.78. The lowest BCUT2D eigenvalue weighted by molar-refractivity contribution is -0.127. The quantitative estimate of drug-likeness (QED) is 0.551. The SMILES string of the molecule is COC(=O)c1cc(NC(=O)CN2C(=O)S/C(=C/c3ccc(C)cc3)C2=O)ccc1Cl. The molecule has 2 aromatic rings. The van der Waals surface area contributed by atoms with Crippen molar-refractivity contribution in [3.63, 3.8) is 0 Å². The number of amides is 3. The van der Waals surface area contributed by atoms with Crippen molar-refractivity contribution in [1.82, 2.24) is 4.90 Å². The third-order valence-electron chi connectivity index (χ3n) is 4.21. The zero-order valence-corrected chi connectivity index (χ0v) is 17.7. The monoisotopic (exact) mass is 444 g/mol. The molecule has 1 N–H and O–H groups in total. The smallest absolute Gasteiger partial charge is 0.339 e. The Labute approximate surface area is 182 Å². The highest BCUT2D eigenvalue weighted by atomic mass is 35.5. The van der Waals surface area contributed by atoms with E-state index in [1.807, 2.05) is 31.2 Å². The third-order valence-corrected chi connectivity index (χ3v) is 5.44. The second-order valence-electron chi connectivity index (χ2n) is 6.41. The Morgan fingerprint density at radius 2 is 1.87 bits per heavy atom. The number of methoxy groups -OCH3 is 1. The molecule has 0 bridgehead atoms. The average Bonchev–Trinajstić information content (AvgIpc) is 2.98. The predicted octanol–water partition coefficient (Wildman–Crippen LogP) is 4.11. The van der Waals surface area contributed by atoms with Gasteiger partial charge in [0.1, 0.15) is 6.54 Å². The van der Waals surface area contributed by atoms with Gasteiger partial charge in [0.05, 0.1) is 22.6 Å². The number of benzene rings is 2. The van der Waals surface area contributed by atoms with Crippen LogP contribution in [0.2, 0.25) is 5.02 Å². The molecule has 1 aliphatic heterocycles. The Morgan fingerprint density at radius 1 is 1.17 bits per heavy atom. The van der Waals surface area contributed by atoms with Gasteiger partial charge in [-0.25, -0.2) is 4.79 Å². The number of esters is 1. The summed E-state index contributed by atoms with van der Waals surface area (Å²) < 4.78 is 4.64. The first-order valence-corrected chi connectivity index (χ1v) is 9.97. The number of rotatable bonds is 5. The van der Waals surface area contributed by atoms with Gasteiger partial charge in [-0.05, 0) is 48.5 Å². The van der Waals surface area contributed by atoms with Gasteiger partial charge in [-0.2, -0.15) is 0 Å². The highest BCUT2D eigenvalue weighted by Gasteiger charge is 2.36. The first kappa shape index (κ1) is 21.6. The van der Waals surface area contributed by atoms with Crippen LogP contribution in [0.3, 0.4) is 0 Å². The molecule has 3 rings (SSSR count). The molecule has 1 fully saturated rings. The Morgan fingerprint density at radius 3 is 2.53 bits per heavy atom. The largest absolute Gasteiger partial charge is 0.465 e. The standard InChI is InChI=1S/C21H17ClN2O5S/c1-12-3-5-13(6-4-12)9-17-19(26)24(21(28)30-17)11-18(25)23-14-7-8-16(22)15(10-14)20(27)29-2/h3-10H,11H2,1-2H3,(H,23,25)/b17-9+. The van der Waals surface area contributed by atoms with E-state index >= 15 is 0 Å². The van der Waals surface area contributed by atoms with Gasteiger partial charge in [-0.1, -0.05) is 41.4 Å². The van der Waals surface area contributed by atoms with E-state index in [0.29, 0.717) is 0 Å². The minimum Gasteiger partial charge on any atom is -0.465 e. The topological polar surface area (TPSA) is 92.8 Å². The average molecular weight is 445 g/mol. The predicted molar refractivity (Wildman–Crippen MR) is 115 cm³/mol.